The largest absolute Gasteiger partial charge is 0.396 e. The predicted molar refractivity (Wildman–Crippen MR) is 77.7 cm³/mol. The molecule has 0 aliphatic rings. The molecule has 1 rings (SSSR count). The average molecular weight is 249 g/mol. The Kier molecular flexibility index (Phi) is 6.37. The van der Waals surface area contributed by atoms with E-state index in [2.05, 4.69) is 50.4 Å². The molecular weight excluding hydrogens is 222 g/mol. The van der Waals surface area contributed by atoms with Crippen LogP contribution in [0.4, 0.5) is 0 Å². The normalized spacial score (nSPS) is 13.6. The van der Waals surface area contributed by atoms with Crippen molar-refractivity contribution in [1.29, 1.82) is 0 Å². The Balaban J connectivity index is 2.43. The SMILES string of the molecule is CCC(CC)(CO)CNC(C)Cc1ccccc1. The molecule has 0 saturated heterocycles. The van der Waals surface area contributed by atoms with Gasteiger partial charge in [0, 0.05) is 24.6 Å². The van der Waals surface area contributed by atoms with Crippen molar-refractivity contribution in [3.05, 3.63) is 35.9 Å². The Morgan fingerprint density at radius 1 is 1.17 bits per heavy atom. The van der Waals surface area contributed by atoms with Crippen molar-refractivity contribution in [2.24, 2.45) is 5.41 Å². The van der Waals surface area contributed by atoms with E-state index in [0.29, 0.717) is 6.04 Å². The minimum Gasteiger partial charge on any atom is -0.396 e. The molecule has 1 aromatic rings. The second-order valence-electron chi connectivity index (χ2n) is 5.34. The van der Waals surface area contributed by atoms with Crippen molar-refractivity contribution < 1.29 is 5.11 Å². The summed E-state index contributed by atoms with van der Waals surface area (Å²) in [6.07, 6.45) is 3.08. The summed E-state index contributed by atoms with van der Waals surface area (Å²) in [5.41, 5.74) is 1.41. The van der Waals surface area contributed by atoms with E-state index < -0.39 is 0 Å². The van der Waals surface area contributed by atoms with Crippen LogP contribution in [0.3, 0.4) is 0 Å². The first-order valence-corrected chi connectivity index (χ1v) is 7.04. The number of hydrogen-bond donors (Lipinski definition) is 2. The molecule has 18 heavy (non-hydrogen) atoms. The van der Waals surface area contributed by atoms with Gasteiger partial charge in [-0.15, -0.1) is 0 Å². The second kappa shape index (κ2) is 7.55. The van der Waals surface area contributed by atoms with E-state index in [1.807, 2.05) is 6.07 Å². The highest BCUT2D eigenvalue weighted by Gasteiger charge is 2.25. The van der Waals surface area contributed by atoms with Crippen molar-refractivity contribution in [2.75, 3.05) is 13.2 Å². The quantitative estimate of drug-likeness (QED) is 0.742. The summed E-state index contributed by atoms with van der Waals surface area (Å²) < 4.78 is 0. The lowest BCUT2D eigenvalue weighted by Gasteiger charge is -2.31. The van der Waals surface area contributed by atoms with Gasteiger partial charge in [0.25, 0.3) is 0 Å². The predicted octanol–water partition coefficient (Wildman–Crippen LogP) is 3.01. The Labute approximate surface area is 111 Å². The maximum atomic E-state index is 9.54. The molecule has 0 aliphatic heterocycles. The van der Waals surface area contributed by atoms with Crippen molar-refractivity contribution in [3.63, 3.8) is 0 Å². The van der Waals surface area contributed by atoms with Crippen molar-refractivity contribution >= 4 is 0 Å². The van der Waals surface area contributed by atoms with E-state index in [0.717, 1.165) is 25.8 Å². The lowest BCUT2D eigenvalue weighted by atomic mass is 9.83. The van der Waals surface area contributed by atoms with Crippen LogP contribution in [0.2, 0.25) is 0 Å². The van der Waals surface area contributed by atoms with Gasteiger partial charge in [-0.25, -0.2) is 0 Å². The minimum atomic E-state index is 0.0466. The lowest BCUT2D eigenvalue weighted by molar-refractivity contribution is 0.110. The summed E-state index contributed by atoms with van der Waals surface area (Å²) in [5, 5.41) is 13.1. The molecule has 2 N–H and O–H groups in total. The Bertz CT molecular complexity index is 311. The maximum Gasteiger partial charge on any atom is 0.0499 e. The first-order chi connectivity index (χ1) is 8.65. The van der Waals surface area contributed by atoms with E-state index in [1.54, 1.807) is 0 Å². The van der Waals surface area contributed by atoms with Gasteiger partial charge in [0.1, 0.15) is 0 Å². The number of aliphatic hydroxyl groups excluding tert-OH is 1. The molecule has 0 aromatic heterocycles. The maximum absolute atomic E-state index is 9.54. The zero-order valence-electron chi connectivity index (χ0n) is 11.9. The first kappa shape index (κ1) is 15.2. The lowest BCUT2D eigenvalue weighted by Crippen LogP contribution is -2.41. The molecule has 0 aliphatic carbocycles. The molecule has 0 radical (unpaired) electrons. The molecule has 1 aromatic carbocycles. The fourth-order valence-corrected chi connectivity index (χ4v) is 2.21. The van der Waals surface area contributed by atoms with E-state index in [4.69, 9.17) is 0 Å². The summed E-state index contributed by atoms with van der Waals surface area (Å²) in [6, 6.07) is 11.0. The number of benzene rings is 1. The summed E-state index contributed by atoms with van der Waals surface area (Å²) >= 11 is 0. The molecule has 102 valence electrons. The van der Waals surface area contributed by atoms with Crippen LogP contribution in [0.15, 0.2) is 30.3 Å². The van der Waals surface area contributed by atoms with Crippen LogP contribution in [0.25, 0.3) is 0 Å². The monoisotopic (exact) mass is 249 g/mol. The van der Waals surface area contributed by atoms with Crippen LogP contribution in [0.1, 0.15) is 39.2 Å². The molecular formula is C16H27NO. The van der Waals surface area contributed by atoms with Crippen molar-refractivity contribution in [3.8, 4) is 0 Å². The van der Waals surface area contributed by atoms with Gasteiger partial charge >= 0.3 is 0 Å². The van der Waals surface area contributed by atoms with E-state index in [-0.39, 0.29) is 12.0 Å². The molecule has 0 saturated carbocycles. The fourth-order valence-electron chi connectivity index (χ4n) is 2.21. The molecule has 0 amide bonds. The van der Waals surface area contributed by atoms with Gasteiger partial charge in [0.2, 0.25) is 0 Å². The van der Waals surface area contributed by atoms with Gasteiger partial charge in [-0.3, -0.25) is 0 Å². The van der Waals surface area contributed by atoms with E-state index >= 15 is 0 Å². The van der Waals surface area contributed by atoms with Gasteiger partial charge in [0.05, 0.1) is 0 Å². The molecule has 0 fully saturated rings. The summed E-state index contributed by atoms with van der Waals surface area (Å²) in [7, 11) is 0. The summed E-state index contributed by atoms with van der Waals surface area (Å²) in [4.78, 5) is 0. The molecule has 0 heterocycles. The average Bonchev–Trinajstić information content (AvgIpc) is 2.42. The highest BCUT2D eigenvalue weighted by molar-refractivity contribution is 5.15. The minimum absolute atomic E-state index is 0.0466. The summed E-state index contributed by atoms with van der Waals surface area (Å²) in [6.45, 7) is 7.68. The van der Waals surface area contributed by atoms with Crippen LogP contribution in [-0.2, 0) is 6.42 Å². The number of aliphatic hydroxyl groups is 1. The summed E-state index contributed by atoms with van der Waals surface area (Å²) in [5.74, 6) is 0. The Morgan fingerprint density at radius 3 is 2.28 bits per heavy atom. The Hall–Kier alpha value is -0.860. The van der Waals surface area contributed by atoms with Crippen LogP contribution < -0.4 is 5.32 Å². The molecule has 1 unspecified atom stereocenters. The topological polar surface area (TPSA) is 32.3 Å². The standard InChI is InChI=1S/C16H27NO/c1-4-16(5-2,13-18)12-17-14(3)11-15-9-7-6-8-10-15/h6-10,14,17-18H,4-5,11-13H2,1-3H3. The second-order valence-corrected chi connectivity index (χ2v) is 5.34. The molecule has 0 spiro atoms. The fraction of sp³-hybridized carbons (Fsp3) is 0.625. The number of hydrogen-bond acceptors (Lipinski definition) is 2. The van der Waals surface area contributed by atoms with Crippen molar-refractivity contribution in [2.45, 2.75) is 46.1 Å². The third-order valence-corrected chi connectivity index (χ3v) is 4.05. The van der Waals surface area contributed by atoms with E-state index in [1.165, 1.54) is 5.56 Å². The van der Waals surface area contributed by atoms with Crippen LogP contribution in [-0.4, -0.2) is 24.3 Å². The molecule has 0 bridgehead atoms. The van der Waals surface area contributed by atoms with Gasteiger partial charge in [-0.2, -0.15) is 0 Å². The highest BCUT2D eigenvalue weighted by Crippen LogP contribution is 2.24. The number of nitrogens with one attached hydrogen (secondary N) is 1. The van der Waals surface area contributed by atoms with Crippen LogP contribution >= 0.6 is 0 Å². The van der Waals surface area contributed by atoms with Gasteiger partial charge < -0.3 is 10.4 Å². The zero-order chi connectivity index (χ0) is 13.4. The zero-order valence-corrected chi connectivity index (χ0v) is 11.9. The van der Waals surface area contributed by atoms with Crippen LogP contribution in [0.5, 0.6) is 0 Å². The number of rotatable bonds is 8. The third-order valence-electron chi connectivity index (χ3n) is 4.05. The Morgan fingerprint density at radius 2 is 1.78 bits per heavy atom. The highest BCUT2D eigenvalue weighted by atomic mass is 16.3. The first-order valence-electron chi connectivity index (χ1n) is 7.04. The van der Waals surface area contributed by atoms with Gasteiger partial charge in [-0.1, -0.05) is 44.2 Å². The van der Waals surface area contributed by atoms with Crippen LogP contribution in [0, 0.1) is 5.41 Å². The van der Waals surface area contributed by atoms with E-state index in [9.17, 15) is 5.11 Å². The van der Waals surface area contributed by atoms with Gasteiger partial charge in [0.15, 0.2) is 0 Å². The van der Waals surface area contributed by atoms with Gasteiger partial charge in [-0.05, 0) is 31.7 Å². The molecule has 2 nitrogen and oxygen atoms in total. The van der Waals surface area contributed by atoms with Crippen molar-refractivity contribution in [1.82, 2.24) is 5.32 Å². The molecule has 2 heteroatoms. The molecule has 1 atom stereocenters. The third kappa shape index (κ3) is 4.43. The smallest absolute Gasteiger partial charge is 0.0499 e.